The van der Waals surface area contributed by atoms with Gasteiger partial charge in [0.15, 0.2) is 0 Å². The van der Waals surface area contributed by atoms with Crippen molar-refractivity contribution >= 4 is 32.8 Å². The van der Waals surface area contributed by atoms with Gasteiger partial charge in [0.05, 0.1) is 35.2 Å². The molecule has 5 rings (SSSR count). The van der Waals surface area contributed by atoms with Crippen molar-refractivity contribution in [3.05, 3.63) is 88.8 Å². The van der Waals surface area contributed by atoms with E-state index in [-0.39, 0.29) is 10.6 Å². The van der Waals surface area contributed by atoms with Gasteiger partial charge in [-0.25, -0.2) is 18.1 Å². The molecule has 0 atom stereocenters. The number of hydrogen-bond donors (Lipinski definition) is 0. The first-order valence-electron chi connectivity index (χ1n) is 12.3. The Labute approximate surface area is 233 Å². The minimum Gasteiger partial charge on any atom is -0.435 e. The fourth-order valence-electron chi connectivity index (χ4n) is 4.00. The van der Waals surface area contributed by atoms with Crippen LogP contribution in [0.25, 0.3) is 11.3 Å². The number of rotatable bonds is 8. The predicted octanol–water partition coefficient (Wildman–Crippen LogP) is 4.74. The summed E-state index contributed by atoms with van der Waals surface area (Å²) in [6, 6.07) is 16.3. The van der Waals surface area contributed by atoms with Crippen molar-refractivity contribution in [3.63, 3.8) is 0 Å². The number of benzene rings is 2. The van der Waals surface area contributed by atoms with Crippen molar-refractivity contribution in [1.82, 2.24) is 14.0 Å². The number of morpholine rings is 1. The van der Waals surface area contributed by atoms with Gasteiger partial charge >= 0.3 is 6.61 Å². The van der Waals surface area contributed by atoms with Crippen molar-refractivity contribution < 1.29 is 26.7 Å². The second kappa shape index (κ2) is 12.2. The molecule has 1 aliphatic rings. The third kappa shape index (κ3) is 6.33. The number of thiazole rings is 1. The van der Waals surface area contributed by atoms with E-state index in [1.807, 2.05) is 24.4 Å². The topological polar surface area (TPSA) is 98.4 Å². The third-order valence-corrected chi connectivity index (χ3v) is 8.79. The summed E-state index contributed by atoms with van der Waals surface area (Å²) in [7, 11) is -3.63. The van der Waals surface area contributed by atoms with Crippen molar-refractivity contribution in [2.24, 2.45) is 10.1 Å². The number of ether oxygens (including phenoxy) is 2. The monoisotopic (exact) mass is 585 g/mol. The quantitative estimate of drug-likeness (QED) is 0.278. The first-order chi connectivity index (χ1) is 19.3. The zero-order chi connectivity index (χ0) is 28.1. The fourth-order valence-corrected chi connectivity index (χ4v) is 6.26. The van der Waals surface area contributed by atoms with Gasteiger partial charge in [0.1, 0.15) is 5.75 Å². The summed E-state index contributed by atoms with van der Waals surface area (Å²) < 4.78 is 64.0. The minimum absolute atomic E-state index is 0.0487. The molecule has 0 saturated carbocycles. The van der Waals surface area contributed by atoms with Crippen LogP contribution in [0.4, 0.5) is 14.5 Å². The highest BCUT2D eigenvalue weighted by molar-refractivity contribution is 7.89. The van der Waals surface area contributed by atoms with Gasteiger partial charge in [-0.1, -0.05) is 6.07 Å². The summed E-state index contributed by atoms with van der Waals surface area (Å²) in [6.07, 6.45) is 3.37. The number of nitrogens with zero attached hydrogens (tertiary/aromatic N) is 5. The Morgan fingerprint density at radius 2 is 1.80 bits per heavy atom. The smallest absolute Gasteiger partial charge is 0.387 e. The molecule has 0 amide bonds. The molecule has 3 heterocycles. The Morgan fingerprint density at radius 3 is 2.45 bits per heavy atom. The van der Waals surface area contributed by atoms with Gasteiger partial charge in [-0.3, -0.25) is 4.98 Å². The van der Waals surface area contributed by atoms with Gasteiger partial charge in [0, 0.05) is 42.0 Å². The van der Waals surface area contributed by atoms with Crippen LogP contribution in [0.2, 0.25) is 0 Å². The summed E-state index contributed by atoms with van der Waals surface area (Å²) in [6.45, 7) is 0.304. The van der Waals surface area contributed by atoms with Crippen LogP contribution in [-0.2, 0) is 14.8 Å². The molecule has 0 N–H and O–H groups in total. The molecule has 1 saturated heterocycles. The number of alkyl halides is 2. The Balaban J connectivity index is 1.53. The van der Waals surface area contributed by atoms with Crippen molar-refractivity contribution in [2.75, 3.05) is 26.3 Å². The second-order valence-electron chi connectivity index (χ2n) is 8.67. The van der Waals surface area contributed by atoms with E-state index in [2.05, 4.69) is 9.72 Å². The van der Waals surface area contributed by atoms with Crippen molar-refractivity contribution in [1.29, 1.82) is 0 Å². The largest absolute Gasteiger partial charge is 0.435 e. The summed E-state index contributed by atoms with van der Waals surface area (Å²) in [5.74, 6) is 0.0487. The van der Waals surface area contributed by atoms with E-state index in [1.165, 1.54) is 39.9 Å². The minimum atomic E-state index is -3.63. The predicted molar refractivity (Wildman–Crippen MR) is 147 cm³/mol. The van der Waals surface area contributed by atoms with Gasteiger partial charge in [-0.15, -0.1) is 11.3 Å². The molecule has 9 nitrogen and oxygen atoms in total. The van der Waals surface area contributed by atoms with Crippen LogP contribution in [-0.4, -0.2) is 61.0 Å². The van der Waals surface area contributed by atoms with Crippen LogP contribution < -0.4 is 9.54 Å². The molecule has 4 aromatic rings. The van der Waals surface area contributed by atoms with Crippen LogP contribution >= 0.6 is 11.3 Å². The molecule has 13 heteroatoms. The number of pyridine rings is 1. The maximum absolute atomic E-state index is 13.0. The summed E-state index contributed by atoms with van der Waals surface area (Å²) >= 11 is 1.33. The maximum Gasteiger partial charge on any atom is 0.387 e. The van der Waals surface area contributed by atoms with Gasteiger partial charge in [0.25, 0.3) is 0 Å². The Morgan fingerprint density at radius 1 is 1.07 bits per heavy atom. The fraction of sp³-hybridized carbons (Fsp3) is 0.222. The molecule has 2 aromatic carbocycles. The number of hydrogen-bond acceptors (Lipinski definition) is 8. The SMILES string of the molecule is CC(=Nn1c(-c2ccc(OC(F)F)cc2)csc1=Nc1ccc(S(=O)(=O)N2CCOCC2)cc1)c1cccnc1. The molecular weight excluding hydrogens is 560 g/mol. The first-order valence-corrected chi connectivity index (χ1v) is 14.6. The van der Waals surface area contributed by atoms with Gasteiger partial charge in [0.2, 0.25) is 14.8 Å². The Hall–Kier alpha value is -3.78. The molecule has 0 spiro atoms. The molecular formula is C27H25F2N5O4S2. The average Bonchev–Trinajstić information content (AvgIpc) is 3.36. The molecule has 2 aromatic heterocycles. The zero-order valence-corrected chi connectivity index (χ0v) is 23.0. The van der Waals surface area contributed by atoms with Gasteiger partial charge in [-0.05, 0) is 61.5 Å². The van der Waals surface area contributed by atoms with Crippen LogP contribution in [0, 0.1) is 0 Å². The van der Waals surface area contributed by atoms with E-state index >= 15 is 0 Å². The molecule has 0 unspecified atom stereocenters. The normalized spacial score (nSPS) is 15.5. The van der Waals surface area contributed by atoms with Gasteiger partial charge in [-0.2, -0.15) is 18.2 Å². The van der Waals surface area contributed by atoms with E-state index in [1.54, 1.807) is 41.3 Å². The summed E-state index contributed by atoms with van der Waals surface area (Å²) in [4.78, 5) is 9.60. The lowest BCUT2D eigenvalue weighted by molar-refractivity contribution is -0.0498. The van der Waals surface area contributed by atoms with E-state index in [0.29, 0.717) is 53.8 Å². The highest BCUT2D eigenvalue weighted by Gasteiger charge is 2.26. The van der Waals surface area contributed by atoms with E-state index in [4.69, 9.17) is 14.8 Å². The Kier molecular flexibility index (Phi) is 8.45. The number of aromatic nitrogens is 2. The highest BCUT2D eigenvalue weighted by atomic mass is 32.2. The van der Waals surface area contributed by atoms with Crippen molar-refractivity contribution in [2.45, 2.75) is 18.4 Å². The van der Waals surface area contributed by atoms with Crippen LogP contribution in [0.1, 0.15) is 12.5 Å². The highest BCUT2D eigenvalue weighted by Crippen LogP contribution is 2.25. The standard InChI is InChI=1S/C27H25F2N5O4S2/c1-19(21-3-2-12-30-17-21)32-34-25(20-4-8-23(9-5-20)38-26(28)29)18-39-27(34)31-22-6-10-24(11-7-22)40(35,36)33-13-15-37-16-14-33/h2-12,17-18,26H,13-16H2,1H3. The van der Waals surface area contributed by atoms with E-state index < -0.39 is 16.6 Å². The molecule has 0 aliphatic carbocycles. The average molecular weight is 586 g/mol. The van der Waals surface area contributed by atoms with Crippen LogP contribution in [0.15, 0.2) is 93.4 Å². The molecule has 1 fully saturated rings. The lowest BCUT2D eigenvalue weighted by atomic mass is 10.2. The second-order valence-corrected chi connectivity index (χ2v) is 11.4. The lowest BCUT2D eigenvalue weighted by Crippen LogP contribution is -2.40. The maximum atomic E-state index is 13.0. The van der Waals surface area contributed by atoms with E-state index in [9.17, 15) is 17.2 Å². The first kappa shape index (κ1) is 27.8. The number of halogens is 2. The lowest BCUT2D eigenvalue weighted by Gasteiger charge is -2.26. The zero-order valence-electron chi connectivity index (χ0n) is 21.4. The molecule has 208 valence electrons. The van der Waals surface area contributed by atoms with E-state index in [0.717, 1.165) is 5.56 Å². The van der Waals surface area contributed by atoms with Gasteiger partial charge < -0.3 is 9.47 Å². The van der Waals surface area contributed by atoms with Crippen LogP contribution in [0.3, 0.4) is 0 Å². The summed E-state index contributed by atoms with van der Waals surface area (Å²) in [5, 5.41) is 6.66. The third-order valence-electron chi connectivity index (χ3n) is 6.06. The molecule has 40 heavy (non-hydrogen) atoms. The Bertz CT molecular complexity index is 1650. The molecule has 0 radical (unpaired) electrons. The van der Waals surface area contributed by atoms with Crippen LogP contribution in [0.5, 0.6) is 5.75 Å². The van der Waals surface area contributed by atoms with Crippen molar-refractivity contribution in [3.8, 4) is 17.0 Å². The number of sulfonamides is 1. The molecule has 1 aliphatic heterocycles. The summed E-state index contributed by atoms with van der Waals surface area (Å²) in [5.41, 5.74) is 3.43. The molecule has 0 bridgehead atoms.